The molecule has 1 aromatic carbocycles. The van der Waals surface area contributed by atoms with Gasteiger partial charge in [0.25, 0.3) is 0 Å². The van der Waals surface area contributed by atoms with Gasteiger partial charge < -0.3 is 4.98 Å². The lowest BCUT2D eigenvalue weighted by Crippen LogP contribution is -2.21. The number of aromatic nitrogens is 2. The molecule has 0 bridgehead atoms. The highest BCUT2D eigenvalue weighted by Crippen LogP contribution is 2.27. The summed E-state index contributed by atoms with van der Waals surface area (Å²) < 4.78 is 0.986. The Morgan fingerprint density at radius 3 is 2.62 bits per heavy atom. The number of halogens is 1. The van der Waals surface area contributed by atoms with Crippen LogP contribution in [0.1, 0.15) is 26.5 Å². The van der Waals surface area contributed by atoms with Crippen LogP contribution >= 0.6 is 15.9 Å². The molecule has 1 N–H and O–H groups in total. The summed E-state index contributed by atoms with van der Waals surface area (Å²) in [5, 5.41) is 0.987. The molecule has 0 radical (unpaired) electrons. The first-order valence-corrected chi connectivity index (χ1v) is 5.87. The molecule has 0 amide bonds. The molecule has 1 aromatic heterocycles. The number of hydrogen-bond acceptors (Lipinski definition) is 2. The van der Waals surface area contributed by atoms with Crippen molar-refractivity contribution >= 4 is 26.8 Å². The van der Waals surface area contributed by atoms with E-state index in [0.29, 0.717) is 0 Å². The van der Waals surface area contributed by atoms with Crippen molar-refractivity contribution in [2.45, 2.75) is 26.2 Å². The molecule has 16 heavy (non-hydrogen) atoms. The number of H-pyrrole nitrogens is 1. The number of benzene rings is 1. The van der Waals surface area contributed by atoms with Crippen LogP contribution in [-0.4, -0.2) is 9.97 Å². The molecule has 84 valence electrons. The molecule has 0 atom stereocenters. The SMILES string of the molecule is CC(C)(C)c1[nH]c(=O)nc2ccc(Br)cc12. The van der Waals surface area contributed by atoms with E-state index in [4.69, 9.17) is 0 Å². The summed E-state index contributed by atoms with van der Waals surface area (Å²) in [6.07, 6.45) is 0. The highest BCUT2D eigenvalue weighted by molar-refractivity contribution is 9.10. The average molecular weight is 281 g/mol. The number of rotatable bonds is 0. The van der Waals surface area contributed by atoms with Crippen LogP contribution in [0.5, 0.6) is 0 Å². The zero-order valence-corrected chi connectivity index (χ0v) is 11.1. The maximum Gasteiger partial charge on any atom is 0.345 e. The van der Waals surface area contributed by atoms with E-state index in [0.717, 1.165) is 21.1 Å². The molecule has 3 nitrogen and oxygen atoms in total. The molecule has 0 fully saturated rings. The van der Waals surface area contributed by atoms with Crippen molar-refractivity contribution in [2.75, 3.05) is 0 Å². The van der Waals surface area contributed by atoms with Gasteiger partial charge in [-0.15, -0.1) is 0 Å². The van der Waals surface area contributed by atoms with Crippen LogP contribution < -0.4 is 5.69 Å². The van der Waals surface area contributed by atoms with Gasteiger partial charge in [-0.2, -0.15) is 4.98 Å². The standard InChI is InChI=1S/C12H13BrN2O/c1-12(2,3)10-8-6-7(13)4-5-9(8)14-11(16)15-10/h4-6H,1-3H3,(H,14,15,16). The van der Waals surface area contributed by atoms with Crippen molar-refractivity contribution in [1.29, 1.82) is 0 Å². The first-order valence-electron chi connectivity index (χ1n) is 5.08. The second-order valence-corrected chi connectivity index (χ2v) is 5.74. The Morgan fingerprint density at radius 1 is 1.31 bits per heavy atom. The van der Waals surface area contributed by atoms with Gasteiger partial charge in [-0.05, 0) is 18.2 Å². The zero-order chi connectivity index (χ0) is 11.9. The molecular formula is C12H13BrN2O. The third-order valence-electron chi connectivity index (χ3n) is 2.43. The van der Waals surface area contributed by atoms with Gasteiger partial charge in [0.05, 0.1) is 5.52 Å². The summed E-state index contributed by atoms with van der Waals surface area (Å²) in [4.78, 5) is 18.2. The van der Waals surface area contributed by atoms with Crippen LogP contribution in [0.3, 0.4) is 0 Å². The smallest absolute Gasteiger partial charge is 0.309 e. The molecular weight excluding hydrogens is 268 g/mol. The van der Waals surface area contributed by atoms with Crippen LogP contribution in [-0.2, 0) is 5.41 Å². The highest BCUT2D eigenvalue weighted by atomic mass is 79.9. The van der Waals surface area contributed by atoms with Gasteiger partial charge in [0.2, 0.25) is 0 Å². The first kappa shape index (κ1) is 11.3. The van der Waals surface area contributed by atoms with Gasteiger partial charge in [-0.3, -0.25) is 0 Å². The Hall–Kier alpha value is -1.16. The third-order valence-corrected chi connectivity index (χ3v) is 2.93. The van der Waals surface area contributed by atoms with Crippen LogP contribution in [0.2, 0.25) is 0 Å². The van der Waals surface area contributed by atoms with Gasteiger partial charge in [-0.1, -0.05) is 36.7 Å². The number of aromatic amines is 1. The fourth-order valence-electron chi connectivity index (χ4n) is 1.71. The van der Waals surface area contributed by atoms with E-state index < -0.39 is 0 Å². The van der Waals surface area contributed by atoms with Crippen LogP contribution in [0.15, 0.2) is 27.5 Å². The van der Waals surface area contributed by atoms with E-state index in [1.807, 2.05) is 18.2 Å². The number of hydrogen-bond donors (Lipinski definition) is 1. The summed E-state index contributed by atoms with van der Waals surface area (Å²) in [7, 11) is 0. The Bertz CT molecular complexity index is 596. The molecule has 0 aliphatic rings. The Morgan fingerprint density at radius 2 is 2.00 bits per heavy atom. The Kier molecular flexibility index (Phi) is 2.62. The minimum absolute atomic E-state index is 0.110. The molecule has 1 heterocycles. The van der Waals surface area contributed by atoms with Crippen molar-refractivity contribution in [3.05, 3.63) is 38.9 Å². The first-order chi connectivity index (χ1) is 7.38. The van der Waals surface area contributed by atoms with Crippen LogP contribution in [0, 0.1) is 0 Å². The number of fused-ring (bicyclic) bond motifs is 1. The van der Waals surface area contributed by atoms with Crippen LogP contribution in [0.25, 0.3) is 10.9 Å². The van der Waals surface area contributed by atoms with E-state index in [9.17, 15) is 4.79 Å². The van der Waals surface area contributed by atoms with Gasteiger partial charge >= 0.3 is 5.69 Å². The maximum atomic E-state index is 11.5. The minimum Gasteiger partial charge on any atom is -0.309 e. The van der Waals surface area contributed by atoms with E-state index >= 15 is 0 Å². The van der Waals surface area contributed by atoms with Gasteiger partial charge in [0, 0.05) is 21.0 Å². The van der Waals surface area contributed by atoms with Gasteiger partial charge in [0.1, 0.15) is 0 Å². The second kappa shape index (κ2) is 3.70. The van der Waals surface area contributed by atoms with Gasteiger partial charge in [-0.25, -0.2) is 4.79 Å². The van der Waals surface area contributed by atoms with Crippen molar-refractivity contribution in [3.8, 4) is 0 Å². The Balaban J connectivity index is 2.91. The molecule has 0 aliphatic carbocycles. The molecule has 0 aliphatic heterocycles. The van der Waals surface area contributed by atoms with Gasteiger partial charge in [0.15, 0.2) is 0 Å². The molecule has 2 rings (SSSR count). The average Bonchev–Trinajstić information content (AvgIpc) is 2.16. The fourth-order valence-corrected chi connectivity index (χ4v) is 2.07. The largest absolute Gasteiger partial charge is 0.345 e. The summed E-state index contributed by atoms with van der Waals surface area (Å²) in [6.45, 7) is 6.20. The topological polar surface area (TPSA) is 45.8 Å². The second-order valence-electron chi connectivity index (χ2n) is 4.83. The predicted molar refractivity (Wildman–Crippen MR) is 68.8 cm³/mol. The Labute approximate surface area is 102 Å². The summed E-state index contributed by atoms with van der Waals surface area (Å²) in [5.74, 6) is 0. The molecule has 0 saturated heterocycles. The molecule has 4 heteroatoms. The molecule has 0 saturated carbocycles. The number of nitrogens with zero attached hydrogens (tertiary/aromatic N) is 1. The number of nitrogens with one attached hydrogen (secondary N) is 1. The lowest BCUT2D eigenvalue weighted by atomic mass is 9.89. The minimum atomic E-state index is -0.292. The third kappa shape index (κ3) is 2.02. The van der Waals surface area contributed by atoms with Crippen molar-refractivity contribution in [2.24, 2.45) is 0 Å². The van der Waals surface area contributed by atoms with E-state index in [1.54, 1.807) is 0 Å². The van der Waals surface area contributed by atoms with E-state index in [2.05, 4.69) is 46.7 Å². The van der Waals surface area contributed by atoms with E-state index in [-0.39, 0.29) is 11.1 Å². The summed E-state index contributed by atoms with van der Waals surface area (Å²) in [6, 6.07) is 5.73. The molecule has 0 unspecified atom stereocenters. The highest BCUT2D eigenvalue weighted by Gasteiger charge is 2.18. The lowest BCUT2D eigenvalue weighted by molar-refractivity contribution is 0.571. The molecule has 2 aromatic rings. The monoisotopic (exact) mass is 280 g/mol. The molecule has 0 spiro atoms. The normalized spacial score (nSPS) is 12.0. The van der Waals surface area contributed by atoms with Crippen molar-refractivity contribution in [1.82, 2.24) is 9.97 Å². The van der Waals surface area contributed by atoms with E-state index in [1.165, 1.54) is 0 Å². The predicted octanol–water partition coefficient (Wildman–Crippen LogP) is 2.98. The zero-order valence-electron chi connectivity index (χ0n) is 9.47. The van der Waals surface area contributed by atoms with Crippen LogP contribution in [0.4, 0.5) is 0 Å². The lowest BCUT2D eigenvalue weighted by Gasteiger charge is -2.20. The van der Waals surface area contributed by atoms with Crippen molar-refractivity contribution in [3.63, 3.8) is 0 Å². The summed E-state index contributed by atoms with van der Waals surface area (Å²) >= 11 is 3.43. The van der Waals surface area contributed by atoms with Crippen molar-refractivity contribution < 1.29 is 0 Å². The summed E-state index contributed by atoms with van der Waals surface area (Å²) in [5.41, 5.74) is 1.25. The maximum absolute atomic E-state index is 11.5. The fraction of sp³-hybridized carbons (Fsp3) is 0.333. The quantitative estimate of drug-likeness (QED) is 0.806.